The normalized spacial score (nSPS) is 20.1. The van der Waals surface area contributed by atoms with Crippen LogP contribution in [0.4, 0.5) is 5.82 Å². The first kappa shape index (κ1) is 48.3. The average molecular weight is 933 g/mol. The second kappa shape index (κ2) is 24.2. The van der Waals surface area contributed by atoms with Crippen LogP contribution in [-0.4, -0.2) is 148 Å². The zero-order valence-corrected chi connectivity index (χ0v) is 39.8. The Bertz CT molecular complexity index is 2170. The lowest BCUT2D eigenvalue weighted by molar-refractivity contribution is -0.137. The van der Waals surface area contributed by atoms with Gasteiger partial charge >= 0.3 is 0 Å². The molecule has 5 amide bonds. The molecule has 15 nitrogen and oxygen atoms in total. The minimum absolute atomic E-state index is 0.0267. The zero-order chi connectivity index (χ0) is 46.4. The minimum Gasteiger partial charge on any atom is -0.355 e. The van der Waals surface area contributed by atoms with Gasteiger partial charge in [0.1, 0.15) is 6.04 Å². The van der Waals surface area contributed by atoms with Crippen LogP contribution in [0.3, 0.4) is 0 Å². The second-order valence-electron chi connectivity index (χ2n) is 18.8. The quantitative estimate of drug-likeness (QED) is 0.0606. The average Bonchev–Trinajstić information content (AvgIpc) is 3.69. The number of nitrogens with one attached hydrogen (secondary N) is 2. The summed E-state index contributed by atoms with van der Waals surface area (Å²) >= 11 is 1.84. The van der Waals surface area contributed by atoms with Gasteiger partial charge in [-0.2, -0.15) is 0 Å². The van der Waals surface area contributed by atoms with Crippen molar-refractivity contribution in [2.75, 3.05) is 76.1 Å². The summed E-state index contributed by atoms with van der Waals surface area (Å²) in [6.07, 6.45) is 20.9. The number of benzene rings is 1. The topological polar surface area (TPSA) is 164 Å². The first-order valence-electron chi connectivity index (χ1n) is 24.9. The van der Waals surface area contributed by atoms with Gasteiger partial charge in [0.2, 0.25) is 17.7 Å². The molecule has 1 unspecified atom stereocenters. The van der Waals surface area contributed by atoms with Gasteiger partial charge < -0.3 is 24.9 Å². The molecule has 7 heterocycles. The largest absolute Gasteiger partial charge is 0.355 e. The molecule has 0 saturated carbocycles. The van der Waals surface area contributed by atoms with Crippen molar-refractivity contribution in [1.29, 1.82) is 0 Å². The predicted molar refractivity (Wildman–Crippen MR) is 260 cm³/mol. The van der Waals surface area contributed by atoms with Crippen LogP contribution in [0.1, 0.15) is 122 Å². The summed E-state index contributed by atoms with van der Waals surface area (Å²) in [5, 5.41) is 14.3. The maximum atomic E-state index is 13.3. The van der Waals surface area contributed by atoms with E-state index in [1.807, 2.05) is 53.1 Å². The molecule has 1 atom stereocenters. The summed E-state index contributed by atoms with van der Waals surface area (Å²) in [6, 6.07) is 13.6. The van der Waals surface area contributed by atoms with Gasteiger partial charge in [0, 0.05) is 107 Å². The summed E-state index contributed by atoms with van der Waals surface area (Å²) in [7, 11) is 0. The molecule has 4 fully saturated rings. The lowest BCUT2D eigenvalue weighted by atomic mass is 9.91. The van der Waals surface area contributed by atoms with Crippen LogP contribution >= 0.6 is 11.8 Å². The maximum absolute atomic E-state index is 13.3. The van der Waals surface area contributed by atoms with Crippen molar-refractivity contribution in [2.45, 2.75) is 113 Å². The number of piperazine rings is 1. The monoisotopic (exact) mass is 933 g/mol. The van der Waals surface area contributed by atoms with Crippen LogP contribution < -0.4 is 15.5 Å². The van der Waals surface area contributed by atoms with Crippen LogP contribution in [0, 0.1) is 5.92 Å². The van der Waals surface area contributed by atoms with Crippen LogP contribution in [0.25, 0.3) is 6.08 Å². The van der Waals surface area contributed by atoms with Crippen molar-refractivity contribution in [2.24, 2.45) is 5.92 Å². The summed E-state index contributed by atoms with van der Waals surface area (Å²) in [6.45, 7) is 10.2. The Morgan fingerprint density at radius 1 is 0.821 bits per heavy atom. The van der Waals surface area contributed by atoms with Crippen LogP contribution in [0.2, 0.25) is 0 Å². The third-order valence-corrected chi connectivity index (χ3v) is 15.4. The van der Waals surface area contributed by atoms with Crippen molar-refractivity contribution in [3.8, 4) is 0 Å². The van der Waals surface area contributed by atoms with Gasteiger partial charge in [-0.15, -0.1) is 22.0 Å². The van der Waals surface area contributed by atoms with Gasteiger partial charge in [-0.3, -0.25) is 39.2 Å². The van der Waals surface area contributed by atoms with E-state index in [2.05, 4.69) is 46.6 Å². The lowest BCUT2D eigenvalue weighted by Gasteiger charge is -2.43. The highest BCUT2D eigenvalue weighted by Gasteiger charge is 2.39. The van der Waals surface area contributed by atoms with E-state index in [-0.39, 0.29) is 36.0 Å². The molecule has 5 aliphatic heterocycles. The molecule has 2 N–H and O–H groups in total. The van der Waals surface area contributed by atoms with Crippen LogP contribution in [0.5, 0.6) is 0 Å². The fourth-order valence-corrected chi connectivity index (χ4v) is 11.3. The number of amides is 5. The van der Waals surface area contributed by atoms with Crippen molar-refractivity contribution >= 4 is 53.2 Å². The number of unbranched alkanes of at least 4 members (excludes halogenated alkanes) is 5. The number of hydrogen-bond acceptors (Lipinski definition) is 12. The Hall–Kier alpha value is -5.19. The van der Waals surface area contributed by atoms with Crippen molar-refractivity contribution in [3.05, 3.63) is 83.3 Å². The summed E-state index contributed by atoms with van der Waals surface area (Å²) in [4.78, 5) is 78.8. The number of carbonyl (C=O) groups is 5. The van der Waals surface area contributed by atoms with Gasteiger partial charge in [-0.25, -0.2) is 0 Å². The van der Waals surface area contributed by atoms with E-state index >= 15 is 0 Å². The Morgan fingerprint density at radius 2 is 1.63 bits per heavy atom. The van der Waals surface area contributed by atoms with Crippen LogP contribution in [0.15, 0.2) is 65.8 Å². The molecule has 0 aliphatic carbocycles. The molecule has 0 spiro atoms. The maximum Gasteiger partial charge on any atom is 0.274 e. The number of hydrogen-bond donors (Lipinski definition) is 2. The third-order valence-electron chi connectivity index (χ3n) is 14.3. The number of fused-ring (bicyclic) bond motifs is 1. The molecule has 0 bridgehead atoms. The van der Waals surface area contributed by atoms with E-state index in [1.165, 1.54) is 38.6 Å². The van der Waals surface area contributed by atoms with Gasteiger partial charge in [0.25, 0.3) is 11.8 Å². The number of piperidine rings is 3. The van der Waals surface area contributed by atoms with E-state index < -0.39 is 6.04 Å². The van der Waals surface area contributed by atoms with Gasteiger partial charge in [0.05, 0.1) is 0 Å². The Morgan fingerprint density at radius 3 is 2.39 bits per heavy atom. The van der Waals surface area contributed by atoms with Crippen molar-refractivity contribution in [3.63, 3.8) is 0 Å². The number of anilines is 1. The van der Waals surface area contributed by atoms with Crippen molar-refractivity contribution < 1.29 is 24.0 Å². The van der Waals surface area contributed by atoms with Crippen molar-refractivity contribution in [1.82, 2.24) is 45.4 Å². The first-order chi connectivity index (χ1) is 32.8. The molecule has 1 aromatic carbocycles. The van der Waals surface area contributed by atoms with E-state index in [0.29, 0.717) is 42.7 Å². The molecule has 0 radical (unpaired) electrons. The Balaban J connectivity index is 0.633. The summed E-state index contributed by atoms with van der Waals surface area (Å²) < 4.78 is 0. The number of carbonyl (C=O) groups excluding carboxylic acids is 5. The van der Waals surface area contributed by atoms with E-state index in [1.54, 1.807) is 29.4 Å². The zero-order valence-electron chi connectivity index (χ0n) is 39.0. The number of imide groups is 1. The Kier molecular flexibility index (Phi) is 17.4. The van der Waals surface area contributed by atoms with Gasteiger partial charge in [0.15, 0.2) is 11.5 Å². The fourth-order valence-electron chi connectivity index (χ4n) is 10.3. The molecule has 3 aromatic rings. The molecule has 358 valence electrons. The number of aromatic nitrogens is 3. The van der Waals surface area contributed by atoms with E-state index in [4.69, 9.17) is 0 Å². The molecule has 67 heavy (non-hydrogen) atoms. The predicted octanol–water partition coefficient (Wildman–Crippen LogP) is 5.81. The number of pyridine rings is 1. The van der Waals surface area contributed by atoms with E-state index in [0.717, 1.165) is 125 Å². The number of nitrogens with zero attached hydrogens (tertiary/aromatic N) is 8. The molecule has 5 aliphatic rings. The molecule has 8 rings (SSSR count). The third kappa shape index (κ3) is 13.5. The minimum atomic E-state index is -0.575. The molecule has 16 heteroatoms. The molecule has 4 saturated heterocycles. The molecular weight excluding hydrogens is 865 g/mol. The standard InChI is InChI=1S/C51H68N10O5S/c62-47(17-11-39-10-8-23-52-36-39)53-24-5-4-9-38-19-26-60(27-20-38)51(66)44-14-16-46(56-55-44)59-28-21-41(22-29-59)58-32-30-57(31-33-58)25-6-2-1-3-7-34-67-42-12-13-43-40(35-42)37-61(50(43)65)45-15-18-48(63)54-49(45)64/h8,10-14,16-17,23,35-36,38,41,45H,1-7,9,15,18-22,24-34,37H2,(H,53,62)(H,54,63,64)/b17-11+. The Labute approximate surface area is 399 Å². The number of thioether (sulfide) groups is 1. The number of likely N-dealkylation sites (tertiary alicyclic amines) is 1. The van der Waals surface area contributed by atoms with Gasteiger partial charge in [-0.05, 0) is 123 Å². The highest BCUT2D eigenvalue weighted by Crippen LogP contribution is 2.32. The summed E-state index contributed by atoms with van der Waals surface area (Å²) in [5.41, 5.74) is 2.96. The SMILES string of the molecule is O=C(/C=C/c1cccnc1)NCCCCC1CCN(C(=O)c2ccc(N3CCC(N4CCN(CCCCCCCSc5ccc6c(c5)CN(C5CCC(=O)NC5=O)C6=O)CC4)CC3)nn2)CC1. The smallest absolute Gasteiger partial charge is 0.274 e. The van der Waals surface area contributed by atoms with Crippen LogP contribution in [-0.2, 0) is 20.9 Å². The van der Waals surface area contributed by atoms with E-state index in [9.17, 15) is 24.0 Å². The second-order valence-corrected chi connectivity index (χ2v) is 20.0. The number of rotatable bonds is 20. The fraction of sp³-hybridized carbons (Fsp3) is 0.569. The summed E-state index contributed by atoms with van der Waals surface area (Å²) in [5.74, 6) is 1.64. The highest BCUT2D eigenvalue weighted by atomic mass is 32.2. The van der Waals surface area contributed by atoms with Gasteiger partial charge in [-0.1, -0.05) is 38.2 Å². The lowest BCUT2D eigenvalue weighted by Crippen LogP contribution is -2.53. The molecule has 2 aromatic heterocycles. The highest BCUT2D eigenvalue weighted by molar-refractivity contribution is 7.99. The first-order valence-corrected chi connectivity index (χ1v) is 25.9. The molecular formula is C51H68N10O5S.